The minimum atomic E-state index is -0.805. The number of ketones is 1. The summed E-state index contributed by atoms with van der Waals surface area (Å²) in [6.45, 7) is 4.02. The molecule has 0 bridgehead atoms. The van der Waals surface area contributed by atoms with E-state index in [1.54, 1.807) is 20.1 Å². The molecule has 0 saturated heterocycles. The van der Waals surface area contributed by atoms with Crippen molar-refractivity contribution in [2.75, 3.05) is 13.7 Å². The van der Waals surface area contributed by atoms with Crippen molar-refractivity contribution in [3.05, 3.63) is 71.3 Å². The summed E-state index contributed by atoms with van der Waals surface area (Å²) >= 11 is 0. The number of methoxy groups -OCH3 is 1. The molecule has 0 saturated carbocycles. The zero-order chi connectivity index (χ0) is 19.4. The molecule has 2 unspecified atom stereocenters. The van der Waals surface area contributed by atoms with E-state index in [0.29, 0.717) is 6.42 Å². The summed E-state index contributed by atoms with van der Waals surface area (Å²) in [7, 11) is 1.62. The van der Waals surface area contributed by atoms with Crippen molar-refractivity contribution in [1.82, 2.24) is 0 Å². The molecule has 3 rings (SSSR count). The van der Waals surface area contributed by atoms with Crippen molar-refractivity contribution in [3.63, 3.8) is 0 Å². The highest BCUT2D eigenvalue weighted by atomic mass is 16.5. The third kappa shape index (κ3) is 3.95. The van der Waals surface area contributed by atoms with Gasteiger partial charge in [0.1, 0.15) is 11.7 Å². The third-order valence-electron chi connectivity index (χ3n) is 5.03. The Labute approximate surface area is 159 Å². The average molecular weight is 364 g/mol. The van der Waals surface area contributed by atoms with Crippen molar-refractivity contribution in [2.45, 2.75) is 26.2 Å². The molecule has 0 fully saturated rings. The SMILES string of the molecule is CCOC(=O)C1C(=O)C=C(c2cccc(OC)c2)CC1c1ccccc1C. The Kier molecular flexibility index (Phi) is 5.75. The van der Waals surface area contributed by atoms with E-state index in [1.807, 2.05) is 55.5 Å². The Bertz CT molecular complexity index is 881. The number of carbonyl (C=O) groups is 2. The maximum atomic E-state index is 12.9. The molecule has 1 aliphatic carbocycles. The summed E-state index contributed by atoms with van der Waals surface area (Å²) in [6.07, 6.45) is 2.18. The van der Waals surface area contributed by atoms with Gasteiger partial charge in [0.15, 0.2) is 5.78 Å². The summed E-state index contributed by atoms with van der Waals surface area (Å²) in [4.78, 5) is 25.5. The molecule has 0 radical (unpaired) electrons. The fourth-order valence-electron chi connectivity index (χ4n) is 3.70. The van der Waals surface area contributed by atoms with Crippen molar-refractivity contribution in [2.24, 2.45) is 5.92 Å². The number of rotatable bonds is 5. The van der Waals surface area contributed by atoms with Gasteiger partial charge in [-0.3, -0.25) is 9.59 Å². The van der Waals surface area contributed by atoms with Gasteiger partial charge in [-0.2, -0.15) is 0 Å². The molecule has 0 aromatic heterocycles. The minimum Gasteiger partial charge on any atom is -0.497 e. The number of hydrogen-bond acceptors (Lipinski definition) is 4. The highest BCUT2D eigenvalue weighted by Crippen LogP contribution is 2.41. The number of aryl methyl sites for hydroxylation is 1. The molecule has 140 valence electrons. The molecule has 27 heavy (non-hydrogen) atoms. The van der Waals surface area contributed by atoms with Crippen molar-refractivity contribution in [1.29, 1.82) is 0 Å². The number of ether oxygens (including phenoxy) is 2. The summed E-state index contributed by atoms with van der Waals surface area (Å²) in [5, 5.41) is 0. The van der Waals surface area contributed by atoms with Gasteiger partial charge in [0.25, 0.3) is 0 Å². The summed E-state index contributed by atoms with van der Waals surface area (Å²) < 4.78 is 10.5. The molecule has 2 atom stereocenters. The first-order chi connectivity index (χ1) is 13.0. The standard InChI is InChI=1S/C23H24O4/c1-4-27-23(25)22-20(19-11-6-5-8-15(19)2)13-17(14-21(22)24)16-9-7-10-18(12-16)26-3/h5-12,14,20,22H,4,13H2,1-3H3. The van der Waals surface area contributed by atoms with E-state index < -0.39 is 11.9 Å². The maximum absolute atomic E-state index is 12.9. The van der Waals surface area contributed by atoms with Crippen LogP contribution in [0.1, 0.15) is 36.0 Å². The van der Waals surface area contributed by atoms with Crippen LogP contribution in [0, 0.1) is 12.8 Å². The summed E-state index contributed by atoms with van der Waals surface area (Å²) in [5.74, 6) is -0.965. The van der Waals surface area contributed by atoms with E-state index in [2.05, 4.69) is 0 Å². The first-order valence-electron chi connectivity index (χ1n) is 9.16. The number of hydrogen-bond donors (Lipinski definition) is 0. The van der Waals surface area contributed by atoms with Gasteiger partial charge in [-0.05, 0) is 60.7 Å². The Balaban J connectivity index is 2.05. The summed E-state index contributed by atoms with van der Waals surface area (Å²) in [6, 6.07) is 15.6. The predicted octanol–water partition coefficient (Wildman–Crippen LogP) is 4.32. The second kappa shape index (κ2) is 8.21. The van der Waals surface area contributed by atoms with E-state index in [4.69, 9.17) is 9.47 Å². The highest BCUT2D eigenvalue weighted by molar-refractivity contribution is 6.10. The van der Waals surface area contributed by atoms with Crippen molar-refractivity contribution in [3.8, 4) is 5.75 Å². The lowest BCUT2D eigenvalue weighted by Crippen LogP contribution is -2.34. The molecule has 2 aromatic rings. The van der Waals surface area contributed by atoms with Gasteiger partial charge in [0, 0.05) is 5.92 Å². The van der Waals surface area contributed by atoms with Gasteiger partial charge in [-0.25, -0.2) is 0 Å². The van der Waals surface area contributed by atoms with Gasteiger partial charge < -0.3 is 9.47 Å². The van der Waals surface area contributed by atoms with Gasteiger partial charge >= 0.3 is 5.97 Å². The fraction of sp³-hybridized carbons (Fsp3) is 0.304. The Hall–Kier alpha value is -2.88. The zero-order valence-electron chi connectivity index (χ0n) is 15.9. The molecular weight excluding hydrogens is 340 g/mol. The molecule has 2 aromatic carbocycles. The van der Waals surface area contributed by atoms with E-state index >= 15 is 0 Å². The lowest BCUT2D eigenvalue weighted by Gasteiger charge is -2.30. The Morgan fingerprint density at radius 3 is 2.63 bits per heavy atom. The van der Waals surface area contributed by atoms with Gasteiger partial charge in [-0.15, -0.1) is 0 Å². The van der Waals surface area contributed by atoms with Gasteiger partial charge in [0.05, 0.1) is 13.7 Å². The number of esters is 1. The highest BCUT2D eigenvalue weighted by Gasteiger charge is 2.40. The molecule has 0 amide bonds. The van der Waals surface area contributed by atoms with Crippen LogP contribution < -0.4 is 4.74 Å². The van der Waals surface area contributed by atoms with Gasteiger partial charge in [-0.1, -0.05) is 36.4 Å². The normalized spacial score (nSPS) is 19.4. The van der Waals surface area contributed by atoms with E-state index in [0.717, 1.165) is 28.0 Å². The zero-order valence-corrected chi connectivity index (χ0v) is 15.9. The monoisotopic (exact) mass is 364 g/mol. The minimum absolute atomic E-state index is 0.203. The second-order valence-corrected chi connectivity index (χ2v) is 6.70. The van der Waals surface area contributed by atoms with Crippen LogP contribution in [0.2, 0.25) is 0 Å². The fourth-order valence-corrected chi connectivity index (χ4v) is 3.70. The molecule has 0 N–H and O–H groups in total. The number of carbonyl (C=O) groups excluding carboxylic acids is 2. The van der Waals surface area contributed by atoms with Crippen LogP contribution >= 0.6 is 0 Å². The van der Waals surface area contributed by atoms with Crippen molar-refractivity contribution >= 4 is 17.3 Å². The molecule has 4 nitrogen and oxygen atoms in total. The van der Waals surface area contributed by atoms with Gasteiger partial charge in [0.2, 0.25) is 0 Å². The van der Waals surface area contributed by atoms with Crippen LogP contribution in [0.3, 0.4) is 0 Å². The molecule has 0 heterocycles. The topological polar surface area (TPSA) is 52.6 Å². The van der Waals surface area contributed by atoms with Crippen LogP contribution in [0.4, 0.5) is 0 Å². The first kappa shape index (κ1) is 18.9. The van der Waals surface area contributed by atoms with Crippen LogP contribution in [0.5, 0.6) is 5.75 Å². The van der Waals surface area contributed by atoms with Crippen LogP contribution in [0.15, 0.2) is 54.6 Å². The summed E-state index contributed by atoms with van der Waals surface area (Å²) in [5.41, 5.74) is 3.92. The number of allylic oxidation sites excluding steroid dienone is 2. The largest absolute Gasteiger partial charge is 0.497 e. The number of benzene rings is 2. The lowest BCUT2D eigenvalue weighted by atomic mass is 9.72. The van der Waals surface area contributed by atoms with Crippen LogP contribution in [-0.4, -0.2) is 25.5 Å². The quantitative estimate of drug-likeness (QED) is 0.586. The molecule has 0 spiro atoms. The van der Waals surface area contributed by atoms with Crippen molar-refractivity contribution < 1.29 is 19.1 Å². The first-order valence-corrected chi connectivity index (χ1v) is 9.16. The van der Waals surface area contributed by atoms with E-state index in [1.165, 1.54) is 0 Å². The predicted molar refractivity (Wildman–Crippen MR) is 105 cm³/mol. The van der Waals surface area contributed by atoms with Crippen LogP contribution in [0.25, 0.3) is 5.57 Å². The smallest absolute Gasteiger partial charge is 0.317 e. The Morgan fingerprint density at radius 1 is 1.15 bits per heavy atom. The lowest BCUT2D eigenvalue weighted by molar-refractivity contribution is -0.151. The average Bonchev–Trinajstić information content (AvgIpc) is 2.68. The molecular formula is C23H24O4. The van der Waals surface area contributed by atoms with Crippen LogP contribution in [-0.2, 0) is 14.3 Å². The molecule has 0 aliphatic heterocycles. The molecule has 4 heteroatoms. The Morgan fingerprint density at radius 2 is 1.93 bits per heavy atom. The van der Waals surface area contributed by atoms with E-state index in [9.17, 15) is 9.59 Å². The molecule has 1 aliphatic rings. The van der Waals surface area contributed by atoms with E-state index in [-0.39, 0.29) is 18.3 Å². The second-order valence-electron chi connectivity index (χ2n) is 6.70. The maximum Gasteiger partial charge on any atom is 0.317 e. The third-order valence-corrected chi connectivity index (χ3v) is 5.03.